The second-order valence-electron chi connectivity index (χ2n) is 2.88. The van der Waals surface area contributed by atoms with Crippen LogP contribution in [-0.2, 0) is 0 Å². The summed E-state index contributed by atoms with van der Waals surface area (Å²) in [6.45, 7) is 0. The molecule has 1 heterocycles. The number of hydrogen-bond acceptors (Lipinski definition) is 3. The van der Waals surface area contributed by atoms with Gasteiger partial charge in [-0.25, -0.2) is 4.68 Å². The van der Waals surface area contributed by atoms with E-state index in [1.54, 1.807) is 35.1 Å². The van der Waals surface area contributed by atoms with E-state index in [1.807, 2.05) is 6.07 Å². The Morgan fingerprint density at radius 3 is 2.86 bits per heavy atom. The van der Waals surface area contributed by atoms with Crippen LogP contribution in [0, 0.1) is 0 Å². The highest BCUT2D eigenvalue weighted by Crippen LogP contribution is 2.12. The van der Waals surface area contributed by atoms with Gasteiger partial charge in [0.1, 0.15) is 12.1 Å². The fraction of sp³-hybridized carbons (Fsp3) is 0. The lowest BCUT2D eigenvalue weighted by Gasteiger charge is -2.03. The quantitative estimate of drug-likeness (QED) is 0.720. The molecule has 0 aliphatic heterocycles. The lowest BCUT2D eigenvalue weighted by Crippen LogP contribution is -2.01. The van der Waals surface area contributed by atoms with Crippen LogP contribution in [0.1, 0.15) is 10.4 Å². The normalized spacial score (nSPS) is 10.0. The van der Waals surface area contributed by atoms with E-state index in [1.165, 1.54) is 0 Å². The highest BCUT2D eigenvalue weighted by Gasteiger charge is 2.01. The fourth-order valence-corrected chi connectivity index (χ4v) is 1.26. The molecule has 0 radical (unpaired) electrons. The molecule has 1 aromatic heterocycles. The van der Waals surface area contributed by atoms with Gasteiger partial charge in [-0.2, -0.15) is 5.10 Å². The monoisotopic (exact) mass is 187 g/mol. The molecule has 0 saturated carbocycles. The number of aromatic nitrogens is 2. The van der Waals surface area contributed by atoms with Gasteiger partial charge in [-0.1, -0.05) is 12.1 Å². The van der Waals surface area contributed by atoms with Crippen LogP contribution in [0.3, 0.4) is 0 Å². The number of rotatable bonds is 2. The molecule has 2 aromatic rings. The van der Waals surface area contributed by atoms with Gasteiger partial charge in [0.25, 0.3) is 0 Å². The Hall–Kier alpha value is -2.10. The van der Waals surface area contributed by atoms with Crippen molar-refractivity contribution in [3.8, 4) is 5.69 Å². The van der Waals surface area contributed by atoms with Crippen LogP contribution in [0.15, 0.2) is 36.5 Å². The molecular weight excluding hydrogens is 178 g/mol. The Labute approximate surface area is 81.0 Å². The van der Waals surface area contributed by atoms with Crippen molar-refractivity contribution in [2.45, 2.75) is 0 Å². The van der Waals surface area contributed by atoms with Crippen LogP contribution < -0.4 is 5.73 Å². The minimum atomic E-state index is 0.549. The van der Waals surface area contributed by atoms with Crippen LogP contribution in [-0.4, -0.2) is 16.1 Å². The molecule has 0 bridgehead atoms. The fourth-order valence-electron chi connectivity index (χ4n) is 1.26. The first-order chi connectivity index (χ1) is 6.81. The molecule has 0 spiro atoms. The van der Waals surface area contributed by atoms with Gasteiger partial charge in [-0.05, 0) is 12.1 Å². The first-order valence-corrected chi connectivity index (χ1v) is 4.16. The van der Waals surface area contributed by atoms with E-state index in [-0.39, 0.29) is 0 Å². The second-order valence-corrected chi connectivity index (χ2v) is 2.88. The van der Waals surface area contributed by atoms with Gasteiger partial charge in [-0.3, -0.25) is 4.79 Å². The van der Waals surface area contributed by atoms with Crippen molar-refractivity contribution in [2.75, 3.05) is 5.73 Å². The van der Waals surface area contributed by atoms with Crippen LogP contribution in [0.4, 0.5) is 5.82 Å². The molecule has 0 saturated heterocycles. The summed E-state index contributed by atoms with van der Waals surface area (Å²) in [5.74, 6) is 0.549. The third kappa shape index (κ3) is 1.37. The van der Waals surface area contributed by atoms with Crippen LogP contribution in [0.25, 0.3) is 5.69 Å². The molecule has 0 fully saturated rings. The molecule has 4 heteroatoms. The summed E-state index contributed by atoms with van der Waals surface area (Å²) < 4.78 is 1.58. The standard InChI is InChI=1S/C10H9N3O/c11-10-4-5-12-13(10)9-3-1-2-8(6-9)7-14/h1-7H,11H2. The molecule has 2 N–H and O–H groups in total. The highest BCUT2D eigenvalue weighted by molar-refractivity contribution is 5.75. The lowest BCUT2D eigenvalue weighted by atomic mass is 10.2. The van der Waals surface area contributed by atoms with E-state index < -0.39 is 0 Å². The topological polar surface area (TPSA) is 60.9 Å². The molecule has 14 heavy (non-hydrogen) atoms. The van der Waals surface area contributed by atoms with Crippen molar-refractivity contribution in [3.63, 3.8) is 0 Å². The largest absolute Gasteiger partial charge is 0.384 e. The number of nitrogen functional groups attached to an aromatic ring is 1. The van der Waals surface area contributed by atoms with E-state index in [4.69, 9.17) is 5.73 Å². The average Bonchev–Trinajstić information content (AvgIpc) is 2.65. The van der Waals surface area contributed by atoms with Crippen molar-refractivity contribution in [1.29, 1.82) is 0 Å². The number of hydrogen-bond donors (Lipinski definition) is 1. The van der Waals surface area contributed by atoms with E-state index in [9.17, 15) is 4.79 Å². The zero-order chi connectivity index (χ0) is 9.97. The van der Waals surface area contributed by atoms with E-state index in [0.29, 0.717) is 11.4 Å². The minimum Gasteiger partial charge on any atom is -0.384 e. The summed E-state index contributed by atoms with van der Waals surface area (Å²) in [5.41, 5.74) is 7.07. The Kier molecular flexibility index (Phi) is 2.02. The molecule has 4 nitrogen and oxygen atoms in total. The van der Waals surface area contributed by atoms with Gasteiger partial charge in [0.2, 0.25) is 0 Å². The molecule has 0 unspecified atom stereocenters. The Morgan fingerprint density at radius 2 is 2.21 bits per heavy atom. The summed E-state index contributed by atoms with van der Waals surface area (Å²) in [6, 6.07) is 8.80. The molecule has 1 aromatic carbocycles. The molecule has 0 atom stereocenters. The predicted octanol–water partition coefficient (Wildman–Crippen LogP) is 1.27. The van der Waals surface area contributed by atoms with Crippen molar-refractivity contribution >= 4 is 12.1 Å². The summed E-state index contributed by atoms with van der Waals surface area (Å²) in [4.78, 5) is 10.6. The number of nitrogens with zero attached hydrogens (tertiary/aromatic N) is 2. The zero-order valence-corrected chi connectivity index (χ0v) is 7.42. The maximum Gasteiger partial charge on any atom is 0.150 e. The third-order valence-corrected chi connectivity index (χ3v) is 1.92. The number of carbonyl (C=O) groups is 1. The summed E-state index contributed by atoms with van der Waals surface area (Å²) in [6.07, 6.45) is 2.41. The number of carbonyl (C=O) groups excluding carboxylic acids is 1. The van der Waals surface area contributed by atoms with Gasteiger partial charge in [0, 0.05) is 11.6 Å². The number of benzene rings is 1. The Bertz CT molecular complexity index is 462. The van der Waals surface area contributed by atoms with Gasteiger partial charge in [-0.15, -0.1) is 0 Å². The second kappa shape index (κ2) is 3.33. The number of anilines is 1. The molecule has 2 rings (SSSR count). The van der Waals surface area contributed by atoms with Crippen LogP contribution in [0.2, 0.25) is 0 Å². The molecule has 0 aliphatic carbocycles. The van der Waals surface area contributed by atoms with Crippen LogP contribution >= 0.6 is 0 Å². The highest BCUT2D eigenvalue weighted by atomic mass is 16.1. The summed E-state index contributed by atoms with van der Waals surface area (Å²) in [5, 5.41) is 4.04. The van der Waals surface area contributed by atoms with E-state index in [2.05, 4.69) is 5.10 Å². The maximum atomic E-state index is 10.6. The Balaban J connectivity index is 2.52. The zero-order valence-electron chi connectivity index (χ0n) is 7.42. The molecule has 70 valence electrons. The lowest BCUT2D eigenvalue weighted by molar-refractivity contribution is 0.112. The first kappa shape index (κ1) is 8.50. The molecule has 0 aliphatic rings. The van der Waals surface area contributed by atoms with Crippen LogP contribution in [0.5, 0.6) is 0 Å². The molecule has 0 amide bonds. The van der Waals surface area contributed by atoms with Gasteiger partial charge in [0.05, 0.1) is 11.9 Å². The SMILES string of the molecule is Nc1ccnn1-c1cccc(C=O)c1. The van der Waals surface area contributed by atoms with Crippen molar-refractivity contribution in [1.82, 2.24) is 9.78 Å². The average molecular weight is 187 g/mol. The summed E-state index contributed by atoms with van der Waals surface area (Å²) in [7, 11) is 0. The van der Waals surface area contributed by atoms with Crippen molar-refractivity contribution in [3.05, 3.63) is 42.1 Å². The van der Waals surface area contributed by atoms with Crippen molar-refractivity contribution in [2.24, 2.45) is 0 Å². The molecular formula is C10H9N3O. The van der Waals surface area contributed by atoms with Gasteiger partial charge >= 0.3 is 0 Å². The number of aldehydes is 1. The first-order valence-electron chi connectivity index (χ1n) is 4.16. The van der Waals surface area contributed by atoms with Gasteiger partial charge < -0.3 is 5.73 Å². The Morgan fingerprint density at radius 1 is 1.36 bits per heavy atom. The maximum absolute atomic E-state index is 10.6. The van der Waals surface area contributed by atoms with Crippen molar-refractivity contribution < 1.29 is 4.79 Å². The van der Waals surface area contributed by atoms with E-state index >= 15 is 0 Å². The smallest absolute Gasteiger partial charge is 0.150 e. The predicted molar refractivity (Wildman–Crippen MR) is 53.4 cm³/mol. The third-order valence-electron chi connectivity index (χ3n) is 1.92. The number of nitrogens with two attached hydrogens (primary N) is 1. The van der Waals surface area contributed by atoms with E-state index in [0.717, 1.165) is 12.0 Å². The summed E-state index contributed by atoms with van der Waals surface area (Å²) >= 11 is 0. The minimum absolute atomic E-state index is 0.549. The van der Waals surface area contributed by atoms with Gasteiger partial charge in [0.15, 0.2) is 0 Å².